The van der Waals surface area contributed by atoms with Crippen LogP contribution in [0.1, 0.15) is 70.6 Å². The molecule has 0 aliphatic heterocycles. The highest BCUT2D eigenvalue weighted by Crippen LogP contribution is 2.15. The Hall–Kier alpha value is -3.46. The van der Waals surface area contributed by atoms with Crippen molar-refractivity contribution in [2.45, 2.75) is 94.4 Å². The van der Waals surface area contributed by atoms with Crippen LogP contribution in [-0.2, 0) is 28.8 Å². The molecule has 43 heavy (non-hydrogen) atoms. The molecule has 0 unspecified atom stereocenters. The van der Waals surface area contributed by atoms with E-state index in [2.05, 4.69) is 0 Å². The van der Waals surface area contributed by atoms with Gasteiger partial charge in [-0.2, -0.15) is 0 Å². The zero-order valence-electron chi connectivity index (χ0n) is 24.2. The fourth-order valence-electron chi connectivity index (χ4n) is 2.61. The van der Waals surface area contributed by atoms with E-state index in [-0.39, 0.29) is 0 Å². The second-order valence-electron chi connectivity index (χ2n) is 9.17. The Morgan fingerprint density at radius 1 is 0.488 bits per heavy atom. The Morgan fingerprint density at radius 3 is 0.860 bits per heavy atom. The SMILES string of the molecule is NCCCC[C@H](N)C(=O)O.NCCCC[C@H](N)C(=O)O.NCCCC[C@H](N)C(=O)O.O=C(O)CC(O)(CC(=O)O)C(=O)O. The Morgan fingerprint density at radius 2 is 0.721 bits per heavy atom. The smallest absolute Gasteiger partial charge is 0.336 e. The molecule has 0 aromatic rings. The molecular weight excluding hydrogens is 580 g/mol. The van der Waals surface area contributed by atoms with Crippen molar-refractivity contribution in [1.82, 2.24) is 0 Å². The van der Waals surface area contributed by atoms with Gasteiger partial charge in [-0.05, 0) is 58.2 Å². The topological polar surface area (TPSA) is 400 Å². The average molecular weight is 631 g/mol. The lowest BCUT2D eigenvalue weighted by atomic mass is 9.96. The second-order valence-corrected chi connectivity index (χ2v) is 9.17. The van der Waals surface area contributed by atoms with E-state index in [0.29, 0.717) is 38.9 Å². The Bertz CT molecular complexity index is 739. The molecule has 0 spiro atoms. The van der Waals surface area contributed by atoms with E-state index in [9.17, 15) is 28.8 Å². The molecule has 19 heteroatoms. The summed E-state index contributed by atoms with van der Waals surface area (Å²) in [6.45, 7) is 1.81. The second kappa shape index (κ2) is 28.6. The predicted molar refractivity (Wildman–Crippen MR) is 153 cm³/mol. The third-order valence-corrected chi connectivity index (χ3v) is 5.14. The van der Waals surface area contributed by atoms with Crippen molar-refractivity contribution >= 4 is 35.8 Å². The Balaban J connectivity index is -0.000000238. The number of nitrogens with two attached hydrogens (primary N) is 6. The van der Waals surface area contributed by atoms with Crippen LogP contribution in [0.15, 0.2) is 0 Å². The molecule has 254 valence electrons. The molecule has 0 amide bonds. The van der Waals surface area contributed by atoms with Gasteiger partial charge in [-0.3, -0.25) is 24.0 Å². The molecule has 19 N–H and O–H groups in total. The third kappa shape index (κ3) is 32.9. The van der Waals surface area contributed by atoms with Gasteiger partial charge in [0.2, 0.25) is 0 Å². The Labute approximate surface area is 249 Å². The summed E-state index contributed by atoms with van der Waals surface area (Å²) >= 11 is 0. The van der Waals surface area contributed by atoms with Gasteiger partial charge in [0.15, 0.2) is 5.60 Å². The molecule has 0 rings (SSSR count). The molecule has 0 aromatic carbocycles. The number of carbonyl (C=O) groups is 6. The van der Waals surface area contributed by atoms with E-state index in [1.54, 1.807) is 0 Å². The van der Waals surface area contributed by atoms with Gasteiger partial charge in [-0.1, -0.05) is 19.3 Å². The molecule has 0 saturated heterocycles. The summed E-state index contributed by atoms with van der Waals surface area (Å²) in [6.07, 6.45) is 4.20. The lowest BCUT2D eigenvalue weighted by molar-refractivity contribution is -0.170. The van der Waals surface area contributed by atoms with Crippen LogP contribution in [0, 0.1) is 0 Å². The van der Waals surface area contributed by atoms with Crippen LogP contribution in [0.4, 0.5) is 0 Å². The zero-order chi connectivity index (χ0) is 34.6. The quantitative estimate of drug-likeness (QED) is 0.0609. The highest BCUT2D eigenvalue weighted by molar-refractivity contribution is 5.88. The molecule has 0 aliphatic carbocycles. The third-order valence-electron chi connectivity index (χ3n) is 5.14. The van der Waals surface area contributed by atoms with Crippen molar-refractivity contribution in [1.29, 1.82) is 0 Å². The molecule has 3 atom stereocenters. The largest absolute Gasteiger partial charge is 0.481 e. The minimum atomic E-state index is -2.74. The summed E-state index contributed by atoms with van der Waals surface area (Å²) in [7, 11) is 0. The van der Waals surface area contributed by atoms with Crippen molar-refractivity contribution in [2.24, 2.45) is 34.4 Å². The van der Waals surface area contributed by atoms with Gasteiger partial charge in [-0.25, -0.2) is 4.79 Å². The normalized spacial score (nSPS) is 12.3. The van der Waals surface area contributed by atoms with Crippen LogP contribution in [0.2, 0.25) is 0 Å². The fourth-order valence-corrected chi connectivity index (χ4v) is 2.61. The molecule has 0 bridgehead atoms. The Kier molecular flexibility index (Phi) is 31.0. The summed E-state index contributed by atoms with van der Waals surface area (Å²) in [5, 5.41) is 58.8. The molecular formula is C24H50N6O13. The van der Waals surface area contributed by atoms with Gasteiger partial charge < -0.3 is 70.1 Å². The van der Waals surface area contributed by atoms with Gasteiger partial charge in [0, 0.05) is 0 Å². The van der Waals surface area contributed by atoms with Crippen molar-refractivity contribution < 1.29 is 64.5 Å². The van der Waals surface area contributed by atoms with E-state index >= 15 is 0 Å². The number of carboxylic acids is 6. The first-order chi connectivity index (χ1) is 19.8. The standard InChI is InChI=1S/3C6H14N2O2.C6H8O7/c3*7-4-2-1-3-5(8)6(9)10;7-3(8)1-6(13,5(11)12)2-4(9)10/h3*5H,1-4,7-8H2,(H,9,10);13H,1-2H2,(H,7,8)(H,9,10)(H,11,12)/t3*5-;/m000./s1. The van der Waals surface area contributed by atoms with Crippen LogP contribution in [0.5, 0.6) is 0 Å². The first-order valence-corrected chi connectivity index (χ1v) is 13.3. The molecule has 0 aliphatic rings. The maximum Gasteiger partial charge on any atom is 0.336 e. The summed E-state index contributed by atoms with van der Waals surface area (Å²) in [4.78, 5) is 60.9. The predicted octanol–water partition coefficient (Wildman–Crippen LogP) is -2.67. The number of carboxylic acid groups (broad SMARTS) is 6. The summed E-state index contributed by atoms with van der Waals surface area (Å²) in [6, 6.07) is -2.15. The van der Waals surface area contributed by atoms with Crippen molar-refractivity contribution in [3.05, 3.63) is 0 Å². The number of hydrogen-bond acceptors (Lipinski definition) is 13. The fraction of sp³-hybridized carbons (Fsp3) is 0.750. The van der Waals surface area contributed by atoms with Gasteiger partial charge in [0.05, 0.1) is 12.8 Å². The van der Waals surface area contributed by atoms with E-state index in [1.807, 2.05) is 0 Å². The summed E-state index contributed by atoms with van der Waals surface area (Å²) in [5.41, 5.74) is 28.5. The first-order valence-electron chi connectivity index (χ1n) is 13.3. The molecule has 19 nitrogen and oxygen atoms in total. The average Bonchev–Trinajstić information content (AvgIpc) is 2.88. The maximum absolute atomic E-state index is 10.3. The van der Waals surface area contributed by atoms with Crippen molar-refractivity contribution in [3.8, 4) is 0 Å². The minimum absolute atomic E-state index is 0.520. The lowest BCUT2D eigenvalue weighted by Gasteiger charge is -2.18. The van der Waals surface area contributed by atoms with Crippen LogP contribution in [0.3, 0.4) is 0 Å². The maximum atomic E-state index is 10.3. The monoisotopic (exact) mass is 630 g/mol. The molecule has 0 saturated carbocycles. The van der Waals surface area contributed by atoms with Crippen molar-refractivity contribution in [2.75, 3.05) is 19.6 Å². The zero-order valence-corrected chi connectivity index (χ0v) is 24.2. The van der Waals surface area contributed by atoms with Gasteiger partial charge in [-0.15, -0.1) is 0 Å². The van der Waals surface area contributed by atoms with E-state index in [4.69, 9.17) is 70.1 Å². The van der Waals surface area contributed by atoms with Crippen LogP contribution >= 0.6 is 0 Å². The highest BCUT2D eigenvalue weighted by Gasteiger charge is 2.40. The molecule has 0 heterocycles. The summed E-state index contributed by atoms with van der Waals surface area (Å²) < 4.78 is 0. The van der Waals surface area contributed by atoms with Crippen LogP contribution < -0.4 is 34.4 Å². The van der Waals surface area contributed by atoms with E-state index in [0.717, 1.165) is 38.5 Å². The first kappa shape index (κ1) is 46.5. The van der Waals surface area contributed by atoms with E-state index in [1.165, 1.54) is 0 Å². The molecule has 0 fully saturated rings. The van der Waals surface area contributed by atoms with Crippen LogP contribution in [0.25, 0.3) is 0 Å². The number of unbranched alkanes of at least 4 members (excludes halogenated alkanes) is 3. The number of rotatable bonds is 20. The summed E-state index contributed by atoms with van der Waals surface area (Å²) in [5.74, 6) is -7.82. The number of aliphatic hydroxyl groups is 1. The van der Waals surface area contributed by atoms with Crippen molar-refractivity contribution in [3.63, 3.8) is 0 Å². The van der Waals surface area contributed by atoms with Gasteiger partial charge >= 0.3 is 35.8 Å². The minimum Gasteiger partial charge on any atom is -0.481 e. The van der Waals surface area contributed by atoms with E-state index < -0.39 is 72.4 Å². The number of aliphatic carboxylic acids is 6. The molecule has 0 radical (unpaired) electrons. The van der Waals surface area contributed by atoms with Gasteiger partial charge in [0.25, 0.3) is 0 Å². The van der Waals surface area contributed by atoms with Gasteiger partial charge in [0.1, 0.15) is 18.1 Å². The highest BCUT2D eigenvalue weighted by atomic mass is 16.4. The molecule has 0 aromatic heterocycles. The van der Waals surface area contributed by atoms with Crippen LogP contribution in [-0.4, -0.2) is 115 Å². The lowest BCUT2D eigenvalue weighted by Crippen LogP contribution is -2.42. The number of hydrogen-bond donors (Lipinski definition) is 13.